The van der Waals surface area contributed by atoms with Gasteiger partial charge in [-0.05, 0) is 53.6 Å². The molecule has 2 aromatic heterocycles. The van der Waals surface area contributed by atoms with E-state index in [1.165, 1.54) is 24.9 Å². The van der Waals surface area contributed by atoms with E-state index in [0.717, 1.165) is 16.8 Å². The third kappa shape index (κ3) is 4.58. The van der Waals surface area contributed by atoms with Crippen molar-refractivity contribution in [2.75, 3.05) is 12.9 Å². The van der Waals surface area contributed by atoms with Crippen LogP contribution >= 0.6 is 11.8 Å². The van der Waals surface area contributed by atoms with Gasteiger partial charge in [0.1, 0.15) is 12.4 Å². The van der Waals surface area contributed by atoms with Crippen LogP contribution in [0.4, 0.5) is 0 Å². The van der Waals surface area contributed by atoms with Crippen LogP contribution in [0.25, 0.3) is 5.69 Å². The molecule has 0 N–H and O–H groups in total. The molecule has 0 amide bonds. The third-order valence-corrected chi connectivity index (χ3v) is 4.67. The van der Waals surface area contributed by atoms with E-state index >= 15 is 0 Å². The Bertz CT molecular complexity index is 998. The first-order chi connectivity index (χ1) is 13.5. The first-order valence-electron chi connectivity index (χ1n) is 8.29. The van der Waals surface area contributed by atoms with Crippen LogP contribution in [-0.4, -0.2) is 45.0 Å². The molecule has 28 heavy (non-hydrogen) atoms. The first-order valence-corrected chi connectivity index (χ1v) is 9.28. The molecular formula is C18H18N4O5S. The lowest BCUT2D eigenvalue weighted by molar-refractivity contribution is -0.142. The van der Waals surface area contributed by atoms with Crippen molar-refractivity contribution in [2.24, 2.45) is 0 Å². The van der Waals surface area contributed by atoms with Crippen LogP contribution in [0.3, 0.4) is 0 Å². The van der Waals surface area contributed by atoms with Gasteiger partial charge >= 0.3 is 11.9 Å². The Morgan fingerprint density at radius 1 is 1.21 bits per heavy atom. The lowest BCUT2D eigenvalue weighted by Crippen LogP contribution is -2.09. The molecule has 0 saturated carbocycles. The van der Waals surface area contributed by atoms with Crippen molar-refractivity contribution in [1.29, 1.82) is 0 Å². The van der Waals surface area contributed by atoms with E-state index in [4.69, 9.17) is 9.15 Å². The summed E-state index contributed by atoms with van der Waals surface area (Å²) in [6.45, 7) is 3.86. The van der Waals surface area contributed by atoms with Gasteiger partial charge < -0.3 is 13.9 Å². The Morgan fingerprint density at radius 2 is 2.04 bits per heavy atom. The van der Waals surface area contributed by atoms with Crippen molar-refractivity contribution in [2.45, 2.75) is 25.6 Å². The fourth-order valence-corrected chi connectivity index (χ4v) is 3.03. The van der Waals surface area contributed by atoms with Gasteiger partial charge in [-0.15, -0.1) is 5.10 Å². The minimum Gasteiger partial charge on any atom is -0.463 e. The number of ether oxygens (including phenoxy) is 2. The first kappa shape index (κ1) is 19.6. The van der Waals surface area contributed by atoms with E-state index in [-0.39, 0.29) is 18.1 Å². The number of carbonyl (C=O) groups is 2. The van der Waals surface area contributed by atoms with Gasteiger partial charge in [-0.1, -0.05) is 23.9 Å². The van der Waals surface area contributed by atoms with Crippen molar-refractivity contribution >= 4 is 23.7 Å². The summed E-state index contributed by atoms with van der Waals surface area (Å²) in [6, 6.07) is 8.98. The van der Waals surface area contributed by atoms with Crippen LogP contribution in [-0.2, 0) is 20.9 Å². The van der Waals surface area contributed by atoms with Gasteiger partial charge in [0.15, 0.2) is 0 Å². The molecule has 1 aromatic carbocycles. The number of hydrogen-bond donors (Lipinski definition) is 0. The van der Waals surface area contributed by atoms with E-state index in [9.17, 15) is 9.59 Å². The highest BCUT2D eigenvalue weighted by molar-refractivity contribution is 7.99. The fourth-order valence-electron chi connectivity index (χ4n) is 2.35. The average Bonchev–Trinajstić information content (AvgIpc) is 3.35. The SMILES string of the molecule is COC(=O)c1ccc(COC(=O)CSc2nnnn2-c2cc(C)ccc2C)o1. The van der Waals surface area contributed by atoms with Crippen molar-refractivity contribution in [3.05, 3.63) is 53.0 Å². The van der Waals surface area contributed by atoms with Crippen LogP contribution in [0.1, 0.15) is 27.4 Å². The number of aryl methyl sites for hydroxylation is 2. The van der Waals surface area contributed by atoms with Gasteiger partial charge in [-0.25, -0.2) is 4.79 Å². The van der Waals surface area contributed by atoms with Crippen molar-refractivity contribution in [1.82, 2.24) is 20.2 Å². The maximum absolute atomic E-state index is 12.0. The van der Waals surface area contributed by atoms with Gasteiger partial charge in [-0.2, -0.15) is 4.68 Å². The number of nitrogens with zero attached hydrogens (tertiary/aromatic N) is 4. The average molecular weight is 402 g/mol. The number of rotatable bonds is 7. The van der Waals surface area contributed by atoms with Crippen LogP contribution < -0.4 is 0 Å². The largest absolute Gasteiger partial charge is 0.463 e. The number of esters is 2. The lowest BCUT2D eigenvalue weighted by Gasteiger charge is -2.08. The van der Waals surface area contributed by atoms with Crippen LogP contribution in [0.2, 0.25) is 0 Å². The predicted octanol–water partition coefficient (Wildman–Crippen LogP) is 2.49. The highest BCUT2D eigenvalue weighted by Crippen LogP contribution is 2.22. The summed E-state index contributed by atoms with van der Waals surface area (Å²) in [4.78, 5) is 23.4. The zero-order valence-electron chi connectivity index (χ0n) is 15.5. The molecule has 10 heteroatoms. The van der Waals surface area contributed by atoms with E-state index in [2.05, 4.69) is 20.3 Å². The summed E-state index contributed by atoms with van der Waals surface area (Å²) in [5.74, 6) is -0.631. The van der Waals surface area contributed by atoms with E-state index in [1.807, 2.05) is 32.0 Å². The molecule has 0 aliphatic rings. The summed E-state index contributed by atoms with van der Waals surface area (Å²) < 4.78 is 16.5. The number of benzene rings is 1. The van der Waals surface area contributed by atoms with Crippen LogP contribution in [0.15, 0.2) is 39.9 Å². The Kier molecular flexibility index (Phi) is 6.09. The van der Waals surface area contributed by atoms with Gasteiger partial charge in [-0.3, -0.25) is 4.79 Å². The fraction of sp³-hybridized carbons (Fsp3) is 0.278. The highest BCUT2D eigenvalue weighted by Gasteiger charge is 2.15. The van der Waals surface area contributed by atoms with Gasteiger partial charge in [0.25, 0.3) is 0 Å². The number of aromatic nitrogens is 4. The number of thioether (sulfide) groups is 1. The summed E-state index contributed by atoms with van der Waals surface area (Å²) >= 11 is 1.17. The van der Waals surface area contributed by atoms with E-state index < -0.39 is 11.9 Å². The number of methoxy groups -OCH3 is 1. The number of furan rings is 1. The smallest absolute Gasteiger partial charge is 0.373 e. The lowest BCUT2D eigenvalue weighted by atomic mass is 10.1. The molecular weight excluding hydrogens is 384 g/mol. The molecule has 3 aromatic rings. The summed E-state index contributed by atoms with van der Waals surface area (Å²) in [5, 5.41) is 12.2. The molecule has 0 aliphatic heterocycles. The highest BCUT2D eigenvalue weighted by atomic mass is 32.2. The number of tetrazole rings is 1. The molecule has 0 bridgehead atoms. The van der Waals surface area contributed by atoms with Gasteiger partial charge in [0.2, 0.25) is 10.9 Å². The standard InChI is InChI=1S/C18H18N4O5S/c1-11-4-5-12(2)14(8-11)22-18(19-20-21-22)28-10-16(23)26-9-13-6-7-15(27-13)17(24)25-3/h4-8H,9-10H2,1-3H3. The topological polar surface area (TPSA) is 109 Å². The number of carbonyl (C=O) groups excluding carboxylic acids is 2. The quantitative estimate of drug-likeness (QED) is 0.435. The molecule has 0 radical (unpaired) electrons. The molecule has 3 rings (SSSR count). The van der Waals surface area contributed by atoms with Crippen molar-refractivity contribution in [3.8, 4) is 5.69 Å². The molecule has 146 valence electrons. The molecule has 0 unspecified atom stereocenters. The Labute approximate surface area is 165 Å². The third-order valence-electron chi connectivity index (χ3n) is 3.78. The van der Waals surface area contributed by atoms with Gasteiger partial charge in [0.05, 0.1) is 18.6 Å². The molecule has 2 heterocycles. The minimum absolute atomic E-state index is 0.0236. The Morgan fingerprint density at radius 3 is 2.82 bits per heavy atom. The molecule has 0 spiro atoms. The van der Waals surface area contributed by atoms with E-state index in [0.29, 0.717) is 10.9 Å². The van der Waals surface area contributed by atoms with Crippen molar-refractivity contribution < 1.29 is 23.5 Å². The normalized spacial score (nSPS) is 10.7. The monoisotopic (exact) mass is 402 g/mol. The maximum Gasteiger partial charge on any atom is 0.373 e. The molecule has 0 atom stereocenters. The summed E-state index contributed by atoms with van der Waals surface area (Å²) in [7, 11) is 1.26. The zero-order valence-corrected chi connectivity index (χ0v) is 16.4. The molecule has 0 aliphatic carbocycles. The second-order valence-corrected chi connectivity index (χ2v) is 6.81. The van der Waals surface area contributed by atoms with Gasteiger partial charge in [0, 0.05) is 0 Å². The molecule has 0 saturated heterocycles. The van der Waals surface area contributed by atoms with E-state index in [1.54, 1.807) is 10.7 Å². The Hall–Kier alpha value is -3.14. The number of hydrogen-bond acceptors (Lipinski definition) is 9. The minimum atomic E-state index is -0.591. The second-order valence-electron chi connectivity index (χ2n) is 5.87. The second kappa shape index (κ2) is 8.70. The summed E-state index contributed by atoms with van der Waals surface area (Å²) in [6.07, 6.45) is 0. The summed E-state index contributed by atoms with van der Waals surface area (Å²) in [5.41, 5.74) is 2.95. The Balaban J connectivity index is 1.57. The van der Waals surface area contributed by atoms with Crippen LogP contribution in [0, 0.1) is 13.8 Å². The predicted molar refractivity (Wildman–Crippen MR) is 99.2 cm³/mol. The molecule has 0 fully saturated rings. The van der Waals surface area contributed by atoms with Crippen LogP contribution in [0.5, 0.6) is 0 Å². The molecule has 9 nitrogen and oxygen atoms in total. The zero-order chi connectivity index (χ0) is 20.1. The maximum atomic E-state index is 12.0. The van der Waals surface area contributed by atoms with Crippen molar-refractivity contribution in [3.63, 3.8) is 0 Å².